The number of nitrogens with zero attached hydrogens (tertiary/aromatic N) is 3. The van der Waals surface area contributed by atoms with Gasteiger partial charge in [-0.1, -0.05) is 30.3 Å². The van der Waals surface area contributed by atoms with Gasteiger partial charge in [0.25, 0.3) is 0 Å². The van der Waals surface area contributed by atoms with E-state index >= 15 is 0 Å². The maximum atomic E-state index is 13.3. The molecule has 0 aliphatic rings. The maximum Gasteiger partial charge on any atom is 0.434 e. The molecule has 0 bridgehead atoms. The van der Waals surface area contributed by atoms with Crippen LogP contribution in [0.25, 0.3) is 21.8 Å². The highest BCUT2D eigenvalue weighted by molar-refractivity contribution is 7.13. The first-order valence-electron chi connectivity index (χ1n) is 9.26. The van der Waals surface area contributed by atoms with Gasteiger partial charge in [0.1, 0.15) is 11.6 Å². The molecule has 162 valence electrons. The van der Waals surface area contributed by atoms with Gasteiger partial charge >= 0.3 is 11.9 Å². The Hall–Kier alpha value is -3.79. The average Bonchev–Trinajstić information content (AvgIpc) is 3.28. The molecule has 4 rings (SSSR count). The van der Waals surface area contributed by atoms with Crippen molar-refractivity contribution >= 4 is 17.0 Å². The van der Waals surface area contributed by atoms with Crippen LogP contribution >= 0.6 is 11.3 Å². The molecule has 0 radical (unpaired) electrons. The number of rotatable bonds is 6. The van der Waals surface area contributed by atoms with Crippen LogP contribution in [-0.2, 0) is 12.8 Å². The summed E-state index contributed by atoms with van der Waals surface area (Å²) in [4.78, 5) is 18.7. The molecule has 0 unspecified atom stereocenters. The van der Waals surface area contributed by atoms with Crippen molar-refractivity contribution in [1.29, 1.82) is 0 Å². The lowest BCUT2D eigenvalue weighted by atomic mass is 10.1. The van der Waals surface area contributed by atoms with Gasteiger partial charge in [-0.05, 0) is 29.8 Å². The molecule has 4 aromatic rings. The molecular weight excluding hydrogens is 443 g/mol. The molecule has 0 spiro atoms. The minimum atomic E-state index is -4.63. The molecular formula is C22H14F3N3O3S. The summed E-state index contributed by atoms with van der Waals surface area (Å²) in [5.41, 5.74) is 0.130. The van der Waals surface area contributed by atoms with Crippen molar-refractivity contribution in [3.05, 3.63) is 93.6 Å². The van der Waals surface area contributed by atoms with Crippen LogP contribution in [-0.4, -0.2) is 14.9 Å². The fourth-order valence-electron chi connectivity index (χ4n) is 3.01. The Balaban J connectivity index is 1.64. The van der Waals surface area contributed by atoms with E-state index in [4.69, 9.17) is 4.74 Å². The van der Waals surface area contributed by atoms with Crippen molar-refractivity contribution in [2.45, 2.75) is 12.8 Å². The second-order valence-electron chi connectivity index (χ2n) is 6.65. The van der Waals surface area contributed by atoms with Crippen LogP contribution in [0.3, 0.4) is 0 Å². The normalized spacial score (nSPS) is 11.3. The largest absolute Gasteiger partial charge is 0.482 e. The third-order valence-electron chi connectivity index (χ3n) is 4.50. The first-order valence-corrected chi connectivity index (χ1v) is 10.1. The molecule has 0 saturated heterocycles. The van der Waals surface area contributed by atoms with E-state index in [1.54, 1.807) is 11.4 Å². The summed E-state index contributed by atoms with van der Waals surface area (Å²) in [5, 5.41) is 13.2. The summed E-state index contributed by atoms with van der Waals surface area (Å²) in [7, 11) is 0. The van der Waals surface area contributed by atoms with E-state index in [1.807, 2.05) is 30.3 Å². The number of halogens is 3. The summed E-state index contributed by atoms with van der Waals surface area (Å²) in [6.07, 6.45) is -3.56. The number of thiazole rings is 1. The Bertz CT molecular complexity index is 1260. The smallest absolute Gasteiger partial charge is 0.434 e. The molecule has 0 amide bonds. The van der Waals surface area contributed by atoms with E-state index in [2.05, 4.69) is 9.97 Å². The highest BCUT2D eigenvalue weighted by atomic mass is 32.1. The third-order valence-corrected chi connectivity index (χ3v) is 5.37. The van der Waals surface area contributed by atoms with E-state index in [0.29, 0.717) is 11.3 Å². The number of hydrogen-bond donors (Lipinski definition) is 0. The minimum Gasteiger partial charge on any atom is -0.482 e. The number of ether oxygens (including phenoxy) is 1. The fraction of sp³-hybridized carbons (Fsp3) is 0.0909. The number of nitro benzene ring substituents is 1. The minimum absolute atomic E-state index is 0.0877. The van der Waals surface area contributed by atoms with Crippen molar-refractivity contribution in [2.75, 3.05) is 0 Å². The van der Waals surface area contributed by atoms with Gasteiger partial charge in [0.15, 0.2) is 11.4 Å². The molecule has 0 atom stereocenters. The van der Waals surface area contributed by atoms with E-state index in [-0.39, 0.29) is 28.6 Å². The van der Waals surface area contributed by atoms with Crippen molar-refractivity contribution in [3.63, 3.8) is 0 Å². The van der Waals surface area contributed by atoms with Crippen LogP contribution in [0.4, 0.5) is 18.9 Å². The zero-order chi connectivity index (χ0) is 22.7. The summed E-state index contributed by atoms with van der Waals surface area (Å²) in [5.74, 6) is 0.0877. The Morgan fingerprint density at radius 1 is 1.06 bits per heavy atom. The Labute approximate surface area is 184 Å². The van der Waals surface area contributed by atoms with Gasteiger partial charge in [-0.3, -0.25) is 15.1 Å². The van der Waals surface area contributed by atoms with Crippen LogP contribution in [0, 0.1) is 10.1 Å². The highest BCUT2D eigenvalue weighted by Gasteiger charge is 2.36. The summed E-state index contributed by atoms with van der Waals surface area (Å²) in [6, 6.07) is 16.2. The van der Waals surface area contributed by atoms with E-state index in [0.717, 1.165) is 23.1 Å². The summed E-state index contributed by atoms with van der Waals surface area (Å²) in [6.45, 7) is 0.156. The van der Waals surface area contributed by atoms with Crippen molar-refractivity contribution < 1.29 is 22.8 Å². The number of alkyl halides is 3. The number of benzene rings is 2. The monoisotopic (exact) mass is 457 g/mol. The van der Waals surface area contributed by atoms with Gasteiger partial charge in [-0.25, -0.2) is 4.98 Å². The molecule has 10 heteroatoms. The molecule has 2 aromatic carbocycles. The fourth-order valence-corrected chi connectivity index (χ4v) is 3.87. The quantitative estimate of drug-likeness (QED) is 0.248. The van der Waals surface area contributed by atoms with Crippen molar-refractivity contribution in [1.82, 2.24) is 9.97 Å². The predicted molar refractivity (Wildman–Crippen MR) is 113 cm³/mol. The molecule has 2 aromatic heterocycles. The molecule has 6 nitrogen and oxygen atoms in total. The maximum absolute atomic E-state index is 13.3. The SMILES string of the molecule is O=[N+]([O-])c1cc(-c2csc(-c3cccnc3C(F)(F)F)n2)ccc1OCc1ccccc1. The predicted octanol–water partition coefficient (Wildman–Crippen LogP) is 6.38. The molecule has 0 fully saturated rings. The van der Waals surface area contributed by atoms with Crippen LogP contribution < -0.4 is 4.74 Å². The molecule has 32 heavy (non-hydrogen) atoms. The topological polar surface area (TPSA) is 78.2 Å². The van der Waals surface area contributed by atoms with Gasteiger partial charge in [0, 0.05) is 28.8 Å². The van der Waals surface area contributed by atoms with Gasteiger partial charge < -0.3 is 4.74 Å². The van der Waals surface area contributed by atoms with Gasteiger partial charge in [-0.2, -0.15) is 13.2 Å². The average molecular weight is 457 g/mol. The van der Waals surface area contributed by atoms with Crippen LogP contribution in [0.2, 0.25) is 0 Å². The second kappa shape index (κ2) is 8.75. The summed E-state index contributed by atoms with van der Waals surface area (Å²) >= 11 is 1.00. The Morgan fingerprint density at radius 2 is 1.84 bits per heavy atom. The second-order valence-corrected chi connectivity index (χ2v) is 7.51. The van der Waals surface area contributed by atoms with E-state index in [9.17, 15) is 23.3 Å². The molecule has 2 heterocycles. The third kappa shape index (κ3) is 4.59. The standard InChI is InChI=1S/C22H14F3N3O3S/c23-22(24,25)20-16(7-4-10-26-20)21-27-17(13-32-21)15-8-9-19(18(11-15)28(29)30)31-12-14-5-2-1-3-6-14/h1-11,13H,12H2. The van der Waals surface area contributed by atoms with Crippen LogP contribution in [0.5, 0.6) is 5.75 Å². The first-order chi connectivity index (χ1) is 15.3. The molecule has 0 N–H and O–H groups in total. The zero-order valence-electron chi connectivity index (χ0n) is 16.2. The summed E-state index contributed by atoms with van der Waals surface area (Å²) < 4.78 is 45.4. The molecule has 0 saturated carbocycles. The number of aromatic nitrogens is 2. The van der Waals surface area contributed by atoms with E-state index in [1.165, 1.54) is 24.3 Å². The Kier molecular flexibility index (Phi) is 5.87. The first kappa shape index (κ1) is 21.4. The zero-order valence-corrected chi connectivity index (χ0v) is 17.1. The lowest BCUT2D eigenvalue weighted by molar-refractivity contribution is -0.385. The lowest BCUT2D eigenvalue weighted by Crippen LogP contribution is -2.09. The van der Waals surface area contributed by atoms with Crippen LogP contribution in [0.15, 0.2) is 72.2 Å². The van der Waals surface area contributed by atoms with Gasteiger partial charge in [-0.15, -0.1) is 11.3 Å². The molecule has 0 aliphatic heterocycles. The van der Waals surface area contributed by atoms with Crippen LogP contribution in [0.1, 0.15) is 11.3 Å². The van der Waals surface area contributed by atoms with Crippen molar-refractivity contribution in [3.8, 4) is 27.6 Å². The number of nitro groups is 1. The lowest BCUT2D eigenvalue weighted by Gasteiger charge is -2.09. The molecule has 0 aliphatic carbocycles. The number of pyridine rings is 1. The van der Waals surface area contributed by atoms with Gasteiger partial charge in [0.05, 0.1) is 10.6 Å². The van der Waals surface area contributed by atoms with Gasteiger partial charge in [0.2, 0.25) is 0 Å². The highest BCUT2D eigenvalue weighted by Crippen LogP contribution is 2.39. The Morgan fingerprint density at radius 3 is 2.56 bits per heavy atom. The van der Waals surface area contributed by atoms with Crippen molar-refractivity contribution in [2.24, 2.45) is 0 Å². The van der Waals surface area contributed by atoms with E-state index < -0.39 is 16.8 Å². The number of hydrogen-bond acceptors (Lipinski definition) is 6.